The van der Waals surface area contributed by atoms with Gasteiger partial charge in [0.05, 0.1) is 6.61 Å². The lowest BCUT2D eigenvalue weighted by atomic mass is 10.1. The van der Waals surface area contributed by atoms with E-state index in [1.807, 2.05) is 36.4 Å². The number of aromatic nitrogens is 3. The van der Waals surface area contributed by atoms with Crippen LogP contribution in [0, 0.1) is 11.8 Å². The van der Waals surface area contributed by atoms with Crippen LogP contribution in [0.2, 0.25) is 0 Å². The minimum Gasteiger partial charge on any atom is -0.383 e. The number of benzene rings is 1. The normalized spacial score (nSPS) is 10.0. The van der Waals surface area contributed by atoms with Crippen LogP contribution in [0.15, 0.2) is 54.9 Å². The molecule has 0 saturated carbocycles. The van der Waals surface area contributed by atoms with Crippen molar-refractivity contribution in [3.63, 3.8) is 0 Å². The van der Waals surface area contributed by atoms with Crippen LogP contribution in [0.5, 0.6) is 0 Å². The Bertz CT molecular complexity index is 1010. The first-order valence-electron chi connectivity index (χ1n) is 8.60. The van der Waals surface area contributed by atoms with E-state index >= 15 is 0 Å². The Labute approximate surface area is 163 Å². The molecule has 2 aromatic heterocycles. The summed E-state index contributed by atoms with van der Waals surface area (Å²) >= 11 is 0. The van der Waals surface area contributed by atoms with Crippen LogP contribution in [0.25, 0.3) is 11.4 Å². The number of amides is 1. The summed E-state index contributed by atoms with van der Waals surface area (Å²) < 4.78 is 5.01. The molecule has 0 aliphatic carbocycles. The lowest BCUT2D eigenvalue weighted by molar-refractivity contribution is 0.0995. The van der Waals surface area contributed by atoms with Crippen LogP contribution in [0.3, 0.4) is 0 Å². The zero-order chi connectivity index (χ0) is 19.8. The average Bonchev–Trinajstić information content (AvgIpc) is 2.73. The molecule has 1 aromatic carbocycles. The topological polar surface area (TPSA) is 103 Å². The smallest absolute Gasteiger partial charge is 0.267 e. The predicted molar refractivity (Wildman–Crippen MR) is 107 cm³/mol. The molecular weight excluding hydrogens is 354 g/mol. The number of hydrogen-bond donors (Lipinski definition) is 2. The second-order valence-electron chi connectivity index (χ2n) is 5.81. The van der Waals surface area contributed by atoms with Gasteiger partial charge in [-0.05, 0) is 36.4 Å². The molecular formula is C21H19N5O2. The molecule has 2 heterocycles. The van der Waals surface area contributed by atoms with Crippen molar-refractivity contribution in [2.45, 2.75) is 0 Å². The van der Waals surface area contributed by atoms with Gasteiger partial charge in [0.1, 0.15) is 11.5 Å². The second kappa shape index (κ2) is 9.26. The zero-order valence-corrected chi connectivity index (χ0v) is 15.3. The number of ether oxygens (including phenoxy) is 1. The molecule has 3 rings (SSSR count). The van der Waals surface area contributed by atoms with E-state index in [0.717, 1.165) is 16.7 Å². The molecule has 0 aliphatic heterocycles. The molecule has 0 aliphatic rings. The zero-order valence-electron chi connectivity index (χ0n) is 15.3. The largest absolute Gasteiger partial charge is 0.383 e. The molecule has 0 saturated heterocycles. The van der Waals surface area contributed by atoms with Crippen molar-refractivity contribution in [3.8, 4) is 23.2 Å². The second-order valence-corrected chi connectivity index (χ2v) is 5.81. The van der Waals surface area contributed by atoms with Gasteiger partial charge in [-0.3, -0.25) is 9.78 Å². The molecule has 0 bridgehead atoms. The highest BCUT2D eigenvalue weighted by molar-refractivity contribution is 5.92. The third-order valence-electron chi connectivity index (χ3n) is 3.75. The third-order valence-corrected chi connectivity index (χ3v) is 3.75. The van der Waals surface area contributed by atoms with Gasteiger partial charge >= 0.3 is 0 Å². The van der Waals surface area contributed by atoms with E-state index in [4.69, 9.17) is 10.5 Å². The van der Waals surface area contributed by atoms with E-state index in [1.165, 1.54) is 6.07 Å². The molecule has 7 heteroatoms. The van der Waals surface area contributed by atoms with Crippen LogP contribution in [0.4, 0.5) is 5.82 Å². The van der Waals surface area contributed by atoms with Gasteiger partial charge in [-0.25, -0.2) is 9.97 Å². The van der Waals surface area contributed by atoms with Gasteiger partial charge < -0.3 is 15.8 Å². The molecule has 0 radical (unpaired) electrons. The van der Waals surface area contributed by atoms with Crippen molar-refractivity contribution < 1.29 is 9.53 Å². The standard InChI is InChI=1S/C21H19N5O2/c1-28-12-11-24-19-13-18(20(22)27)25-21(26-19)17-8-6-15(7-9-17)4-5-16-3-2-10-23-14-16/h2-3,6-10,13-14H,11-12H2,1H3,(H2,22,27)(H,24,25,26). The maximum Gasteiger partial charge on any atom is 0.267 e. The number of nitrogens with one attached hydrogen (secondary N) is 1. The fourth-order valence-electron chi connectivity index (χ4n) is 2.36. The Balaban J connectivity index is 1.84. The lowest BCUT2D eigenvalue weighted by Crippen LogP contribution is -2.16. The first-order chi connectivity index (χ1) is 13.7. The van der Waals surface area contributed by atoms with Crippen molar-refractivity contribution in [3.05, 3.63) is 71.7 Å². The fraction of sp³-hybridized carbons (Fsp3) is 0.143. The van der Waals surface area contributed by atoms with Crippen molar-refractivity contribution in [2.75, 3.05) is 25.6 Å². The van der Waals surface area contributed by atoms with E-state index < -0.39 is 5.91 Å². The molecule has 0 spiro atoms. The Morgan fingerprint density at radius 1 is 1.14 bits per heavy atom. The Hall–Kier alpha value is -3.76. The molecule has 3 aromatic rings. The van der Waals surface area contributed by atoms with Gasteiger partial charge in [-0.2, -0.15) is 0 Å². The number of pyridine rings is 1. The van der Waals surface area contributed by atoms with Gasteiger partial charge in [0.2, 0.25) is 0 Å². The average molecular weight is 373 g/mol. The monoisotopic (exact) mass is 373 g/mol. The molecule has 0 fully saturated rings. The van der Waals surface area contributed by atoms with Crippen LogP contribution < -0.4 is 11.1 Å². The van der Waals surface area contributed by atoms with Crippen LogP contribution >= 0.6 is 0 Å². The summed E-state index contributed by atoms with van der Waals surface area (Å²) in [5, 5.41) is 3.09. The Kier molecular flexibility index (Phi) is 6.29. The van der Waals surface area contributed by atoms with Crippen molar-refractivity contribution in [1.29, 1.82) is 0 Å². The number of rotatable bonds is 6. The first-order valence-corrected chi connectivity index (χ1v) is 8.60. The van der Waals surface area contributed by atoms with Crippen molar-refractivity contribution in [1.82, 2.24) is 15.0 Å². The van der Waals surface area contributed by atoms with Gasteiger partial charge in [0.25, 0.3) is 5.91 Å². The van der Waals surface area contributed by atoms with E-state index in [1.54, 1.807) is 19.5 Å². The molecule has 0 atom stereocenters. The number of carbonyl (C=O) groups excluding carboxylic acids is 1. The van der Waals surface area contributed by atoms with E-state index in [-0.39, 0.29) is 5.69 Å². The summed E-state index contributed by atoms with van der Waals surface area (Å²) in [5.74, 6) is 6.44. The summed E-state index contributed by atoms with van der Waals surface area (Å²) in [6.45, 7) is 1.06. The van der Waals surface area contributed by atoms with Gasteiger partial charge in [0.15, 0.2) is 5.82 Å². The molecule has 0 unspecified atom stereocenters. The molecule has 140 valence electrons. The highest BCUT2D eigenvalue weighted by Gasteiger charge is 2.10. The highest BCUT2D eigenvalue weighted by Crippen LogP contribution is 2.18. The van der Waals surface area contributed by atoms with Gasteiger partial charge in [-0.15, -0.1) is 0 Å². The van der Waals surface area contributed by atoms with Gasteiger partial charge in [-0.1, -0.05) is 11.8 Å². The van der Waals surface area contributed by atoms with Gasteiger partial charge in [0, 0.05) is 48.8 Å². The van der Waals surface area contributed by atoms with Crippen LogP contribution in [0.1, 0.15) is 21.6 Å². The van der Waals surface area contributed by atoms with Crippen LogP contribution in [-0.4, -0.2) is 41.1 Å². The number of hydrogen-bond acceptors (Lipinski definition) is 6. The molecule has 1 amide bonds. The Morgan fingerprint density at radius 2 is 1.93 bits per heavy atom. The van der Waals surface area contributed by atoms with Crippen LogP contribution in [-0.2, 0) is 4.74 Å². The SMILES string of the molecule is COCCNc1cc(C(N)=O)nc(-c2ccc(C#Cc3cccnc3)cc2)n1. The van der Waals surface area contributed by atoms with E-state index in [0.29, 0.717) is 24.8 Å². The summed E-state index contributed by atoms with van der Waals surface area (Å²) in [6.07, 6.45) is 3.42. The summed E-state index contributed by atoms with van der Waals surface area (Å²) in [6, 6.07) is 12.7. The first kappa shape index (κ1) is 19.0. The number of nitrogens with zero attached hydrogens (tertiary/aromatic N) is 3. The van der Waals surface area contributed by atoms with Crippen molar-refractivity contribution in [2.24, 2.45) is 5.73 Å². The number of anilines is 1. The minimum atomic E-state index is -0.614. The maximum absolute atomic E-state index is 11.6. The summed E-state index contributed by atoms with van der Waals surface area (Å²) in [7, 11) is 1.61. The number of nitrogens with two attached hydrogens (primary N) is 1. The quantitative estimate of drug-likeness (QED) is 0.507. The summed E-state index contributed by atoms with van der Waals surface area (Å²) in [5.41, 5.74) is 7.98. The predicted octanol–water partition coefficient (Wildman–Crippen LogP) is 2.10. The van der Waals surface area contributed by atoms with Crippen molar-refractivity contribution >= 4 is 11.7 Å². The maximum atomic E-state index is 11.6. The summed E-state index contributed by atoms with van der Waals surface area (Å²) in [4.78, 5) is 24.3. The number of primary amides is 1. The molecule has 28 heavy (non-hydrogen) atoms. The number of methoxy groups -OCH3 is 1. The minimum absolute atomic E-state index is 0.144. The molecule has 3 N–H and O–H groups in total. The Morgan fingerprint density at radius 3 is 2.61 bits per heavy atom. The fourth-order valence-corrected chi connectivity index (χ4v) is 2.36. The number of carbonyl (C=O) groups is 1. The molecule has 7 nitrogen and oxygen atoms in total. The van der Waals surface area contributed by atoms with E-state index in [2.05, 4.69) is 32.1 Å². The highest BCUT2D eigenvalue weighted by atomic mass is 16.5. The lowest BCUT2D eigenvalue weighted by Gasteiger charge is -2.09. The van der Waals surface area contributed by atoms with E-state index in [9.17, 15) is 4.79 Å². The third kappa shape index (κ3) is 5.13.